The second-order valence-electron chi connectivity index (χ2n) is 3.96. The normalized spacial score (nSPS) is 10.3. The molecule has 0 aliphatic heterocycles. The number of nitrogens with zero attached hydrogens (tertiary/aromatic N) is 1. The van der Waals surface area contributed by atoms with E-state index in [9.17, 15) is 9.18 Å². The van der Waals surface area contributed by atoms with Crippen molar-refractivity contribution in [3.63, 3.8) is 0 Å². The Balaban J connectivity index is 2.28. The van der Waals surface area contributed by atoms with E-state index in [1.165, 1.54) is 25.4 Å². The molecule has 0 fully saturated rings. The highest BCUT2D eigenvalue weighted by molar-refractivity contribution is 6.31. The average Bonchev–Trinajstić information content (AvgIpc) is 2.43. The lowest BCUT2D eigenvalue weighted by molar-refractivity contribution is 0.0594. The number of benzene rings is 1. The summed E-state index contributed by atoms with van der Waals surface area (Å²) in [5, 5.41) is 0.456. The van der Waals surface area contributed by atoms with Gasteiger partial charge in [-0.1, -0.05) is 23.7 Å². The number of carbonyl (C=O) groups excluding carboxylic acids is 1. The molecule has 0 unspecified atom stereocenters. The summed E-state index contributed by atoms with van der Waals surface area (Å²) >= 11 is 6.04. The first kappa shape index (κ1) is 13.5. The van der Waals surface area contributed by atoms with E-state index in [0.717, 1.165) is 11.1 Å². The molecule has 0 saturated carbocycles. The molecule has 0 aliphatic carbocycles. The van der Waals surface area contributed by atoms with Crippen molar-refractivity contribution in [2.24, 2.45) is 0 Å². The van der Waals surface area contributed by atoms with E-state index in [2.05, 4.69) is 9.72 Å². The van der Waals surface area contributed by atoms with Crippen LogP contribution in [0, 0.1) is 5.82 Å². The van der Waals surface area contributed by atoms with Crippen molar-refractivity contribution in [2.75, 3.05) is 7.11 Å². The lowest BCUT2D eigenvalue weighted by atomic mass is 10.1. The number of pyridine rings is 1. The Bertz CT molecular complexity index is 599. The zero-order chi connectivity index (χ0) is 13.8. The van der Waals surface area contributed by atoms with Gasteiger partial charge >= 0.3 is 5.97 Å². The third-order valence-electron chi connectivity index (χ3n) is 2.64. The Labute approximate surface area is 115 Å². The van der Waals surface area contributed by atoms with Crippen LogP contribution in [0.3, 0.4) is 0 Å². The van der Waals surface area contributed by atoms with Gasteiger partial charge in [-0.3, -0.25) is 0 Å². The molecule has 3 nitrogen and oxygen atoms in total. The Morgan fingerprint density at radius 3 is 2.68 bits per heavy atom. The van der Waals surface area contributed by atoms with Crippen LogP contribution in [0.4, 0.5) is 4.39 Å². The van der Waals surface area contributed by atoms with Crippen molar-refractivity contribution in [3.05, 3.63) is 64.2 Å². The van der Waals surface area contributed by atoms with E-state index >= 15 is 0 Å². The second-order valence-corrected chi connectivity index (χ2v) is 4.36. The zero-order valence-corrected chi connectivity index (χ0v) is 10.9. The van der Waals surface area contributed by atoms with Crippen LogP contribution in [0.2, 0.25) is 5.02 Å². The van der Waals surface area contributed by atoms with Gasteiger partial charge in [0.15, 0.2) is 0 Å². The zero-order valence-electron chi connectivity index (χ0n) is 10.2. The van der Waals surface area contributed by atoms with Gasteiger partial charge in [-0.15, -0.1) is 0 Å². The molecule has 0 amide bonds. The van der Waals surface area contributed by atoms with Gasteiger partial charge in [0.1, 0.15) is 11.5 Å². The summed E-state index contributed by atoms with van der Waals surface area (Å²) in [6, 6.07) is 7.68. The number of esters is 1. The third kappa shape index (κ3) is 3.29. The van der Waals surface area contributed by atoms with Crippen LogP contribution in [0.15, 0.2) is 36.5 Å². The lowest BCUT2D eigenvalue weighted by Crippen LogP contribution is -2.05. The Morgan fingerprint density at radius 2 is 2.05 bits per heavy atom. The average molecular weight is 280 g/mol. The van der Waals surface area contributed by atoms with Gasteiger partial charge in [0.05, 0.1) is 12.1 Å². The van der Waals surface area contributed by atoms with E-state index in [4.69, 9.17) is 11.6 Å². The molecule has 0 spiro atoms. The van der Waals surface area contributed by atoms with E-state index in [1.807, 2.05) is 0 Å². The molecule has 0 atom stereocenters. The molecule has 2 rings (SSSR count). The van der Waals surface area contributed by atoms with Crippen LogP contribution >= 0.6 is 11.6 Å². The van der Waals surface area contributed by atoms with Gasteiger partial charge in [-0.2, -0.15) is 0 Å². The summed E-state index contributed by atoms with van der Waals surface area (Å²) in [5.41, 5.74) is 1.83. The number of hydrogen-bond acceptors (Lipinski definition) is 3. The molecule has 0 N–H and O–H groups in total. The largest absolute Gasteiger partial charge is 0.464 e. The van der Waals surface area contributed by atoms with E-state index in [1.54, 1.807) is 18.2 Å². The lowest BCUT2D eigenvalue weighted by Gasteiger charge is -2.06. The van der Waals surface area contributed by atoms with Crippen LogP contribution in [0.25, 0.3) is 0 Å². The first-order valence-electron chi connectivity index (χ1n) is 5.57. The number of rotatable bonds is 3. The van der Waals surface area contributed by atoms with E-state index in [0.29, 0.717) is 11.4 Å². The third-order valence-corrected chi connectivity index (χ3v) is 2.98. The van der Waals surface area contributed by atoms with Crippen molar-refractivity contribution in [3.8, 4) is 0 Å². The van der Waals surface area contributed by atoms with E-state index in [-0.39, 0.29) is 11.5 Å². The molecular formula is C14H11ClFNO2. The molecule has 1 aromatic heterocycles. The fraction of sp³-hybridized carbons (Fsp3) is 0.143. The summed E-state index contributed by atoms with van der Waals surface area (Å²) in [6.07, 6.45) is 1.90. The van der Waals surface area contributed by atoms with Crippen molar-refractivity contribution >= 4 is 17.6 Å². The number of methoxy groups -OCH3 is 1. The highest BCUT2D eigenvalue weighted by atomic mass is 35.5. The predicted octanol–water partition coefficient (Wildman–Crippen LogP) is 3.25. The molecule has 2 aromatic rings. The first-order chi connectivity index (χ1) is 9.10. The molecule has 1 aromatic carbocycles. The molecule has 0 bridgehead atoms. The maximum Gasteiger partial charge on any atom is 0.356 e. The highest BCUT2D eigenvalue weighted by Gasteiger charge is 2.11. The Morgan fingerprint density at radius 1 is 1.37 bits per heavy atom. The monoisotopic (exact) mass is 279 g/mol. The Hall–Kier alpha value is -1.94. The minimum absolute atomic E-state index is 0.198. The molecule has 19 heavy (non-hydrogen) atoms. The summed E-state index contributed by atoms with van der Waals surface area (Å²) < 4.78 is 17.4. The predicted molar refractivity (Wildman–Crippen MR) is 69.8 cm³/mol. The first-order valence-corrected chi connectivity index (χ1v) is 5.95. The topological polar surface area (TPSA) is 39.2 Å². The minimum atomic E-state index is -0.517. The quantitative estimate of drug-likeness (QED) is 0.810. The van der Waals surface area contributed by atoms with Gasteiger partial charge in [0.25, 0.3) is 0 Å². The SMILES string of the molecule is COC(=O)c1cc(Cc2ccc(F)cc2)c(Cl)cn1. The number of aromatic nitrogens is 1. The Kier molecular flexibility index (Phi) is 4.12. The van der Waals surface area contributed by atoms with Crippen LogP contribution < -0.4 is 0 Å². The van der Waals surface area contributed by atoms with Crippen LogP contribution in [0.1, 0.15) is 21.6 Å². The van der Waals surface area contributed by atoms with E-state index < -0.39 is 5.97 Å². The minimum Gasteiger partial charge on any atom is -0.464 e. The van der Waals surface area contributed by atoms with Gasteiger partial charge in [0.2, 0.25) is 0 Å². The van der Waals surface area contributed by atoms with Crippen molar-refractivity contribution in [1.29, 1.82) is 0 Å². The second kappa shape index (κ2) is 5.80. The number of halogens is 2. The molecule has 5 heteroatoms. The van der Waals surface area contributed by atoms with Crippen LogP contribution in [0.5, 0.6) is 0 Å². The summed E-state index contributed by atoms with van der Waals surface area (Å²) in [7, 11) is 1.29. The fourth-order valence-corrected chi connectivity index (χ4v) is 1.82. The molecule has 0 radical (unpaired) electrons. The van der Waals surface area contributed by atoms with Crippen molar-refractivity contribution < 1.29 is 13.9 Å². The molecule has 1 heterocycles. The summed E-state index contributed by atoms with van der Waals surface area (Å²) in [6.45, 7) is 0. The van der Waals surface area contributed by atoms with Gasteiger partial charge in [-0.05, 0) is 35.7 Å². The van der Waals surface area contributed by atoms with Crippen molar-refractivity contribution in [2.45, 2.75) is 6.42 Å². The molecule has 98 valence electrons. The van der Waals surface area contributed by atoms with Gasteiger partial charge in [-0.25, -0.2) is 14.2 Å². The number of carbonyl (C=O) groups is 1. The summed E-state index contributed by atoms with van der Waals surface area (Å²) in [5.74, 6) is -0.808. The van der Waals surface area contributed by atoms with Gasteiger partial charge in [0, 0.05) is 6.20 Å². The van der Waals surface area contributed by atoms with Crippen molar-refractivity contribution in [1.82, 2.24) is 4.98 Å². The molecule has 0 aliphatic rings. The highest BCUT2D eigenvalue weighted by Crippen LogP contribution is 2.20. The summed E-state index contributed by atoms with van der Waals surface area (Å²) in [4.78, 5) is 15.3. The molecule has 0 saturated heterocycles. The fourth-order valence-electron chi connectivity index (χ4n) is 1.65. The smallest absolute Gasteiger partial charge is 0.356 e. The standard InChI is InChI=1S/C14H11ClFNO2/c1-19-14(18)13-7-10(12(15)8-17-13)6-9-2-4-11(16)5-3-9/h2-5,7-8H,6H2,1H3. The maximum absolute atomic E-state index is 12.8. The number of ether oxygens (including phenoxy) is 1. The molecular weight excluding hydrogens is 269 g/mol. The number of hydrogen-bond donors (Lipinski definition) is 0. The van der Waals surface area contributed by atoms with Gasteiger partial charge < -0.3 is 4.74 Å². The van der Waals surface area contributed by atoms with Crippen LogP contribution in [-0.4, -0.2) is 18.1 Å². The van der Waals surface area contributed by atoms with Crippen LogP contribution in [-0.2, 0) is 11.2 Å². The maximum atomic E-state index is 12.8.